The number of carbonyl (C=O) groups excluding carboxylic acids is 1. The molecule has 2 aromatic rings. The van der Waals surface area contributed by atoms with E-state index in [9.17, 15) is 4.79 Å². The Morgan fingerprint density at radius 1 is 1.35 bits per heavy atom. The summed E-state index contributed by atoms with van der Waals surface area (Å²) in [6.45, 7) is 3.89. The van der Waals surface area contributed by atoms with Gasteiger partial charge in [0, 0.05) is 13.1 Å². The number of likely N-dealkylation sites (N-methyl/N-ethyl adjacent to an activating group) is 1. The first-order valence-electron chi connectivity index (χ1n) is 7.05. The molecule has 23 heavy (non-hydrogen) atoms. The molecule has 1 aromatic carbocycles. The van der Waals surface area contributed by atoms with Gasteiger partial charge in [-0.25, -0.2) is 0 Å². The number of rotatable bonds is 6. The fourth-order valence-electron chi connectivity index (χ4n) is 1.82. The van der Waals surface area contributed by atoms with Crippen molar-refractivity contribution in [1.82, 2.24) is 20.6 Å². The predicted octanol–water partition coefficient (Wildman–Crippen LogP) is 1.67. The third-order valence-corrected chi connectivity index (χ3v) is 2.93. The molecule has 8 nitrogen and oxygen atoms in total. The summed E-state index contributed by atoms with van der Waals surface area (Å²) >= 11 is 0. The average Bonchev–Trinajstić information content (AvgIpc) is 3.06. The summed E-state index contributed by atoms with van der Waals surface area (Å²) in [4.78, 5) is 13.3. The molecule has 0 atom stereocenters. The molecule has 0 aliphatic carbocycles. The Morgan fingerprint density at radius 2 is 2.13 bits per heavy atom. The largest absolute Gasteiger partial charge is 0.493 e. The van der Waals surface area contributed by atoms with Gasteiger partial charge >= 0.3 is 0 Å². The van der Waals surface area contributed by atoms with Crippen molar-refractivity contribution >= 4 is 17.9 Å². The zero-order valence-electron chi connectivity index (χ0n) is 13.5. The number of nitrogens with zero attached hydrogens (tertiary/aromatic N) is 4. The van der Waals surface area contributed by atoms with E-state index in [2.05, 4.69) is 20.6 Å². The molecule has 2 rings (SSSR count). The van der Waals surface area contributed by atoms with Gasteiger partial charge in [-0.3, -0.25) is 9.69 Å². The number of tetrazole rings is 1. The van der Waals surface area contributed by atoms with E-state index in [1.165, 1.54) is 11.0 Å². The molecule has 1 aromatic heterocycles. The molecule has 1 amide bonds. The first kappa shape index (κ1) is 16.5. The van der Waals surface area contributed by atoms with E-state index < -0.39 is 0 Å². The van der Waals surface area contributed by atoms with E-state index >= 15 is 0 Å². The number of amides is 1. The van der Waals surface area contributed by atoms with Gasteiger partial charge in [-0.15, -0.1) is 5.10 Å². The number of H-pyrrole nitrogens is 1. The Kier molecular flexibility index (Phi) is 5.29. The highest BCUT2D eigenvalue weighted by molar-refractivity contribution is 6.02. The fourth-order valence-corrected chi connectivity index (χ4v) is 1.82. The van der Waals surface area contributed by atoms with Crippen molar-refractivity contribution in [2.24, 2.45) is 0 Å². The van der Waals surface area contributed by atoms with Gasteiger partial charge < -0.3 is 9.47 Å². The zero-order chi connectivity index (χ0) is 16.8. The average molecular weight is 317 g/mol. The maximum atomic E-state index is 12.0. The highest BCUT2D eigenvalue weighted by Gasteiger charge is 2.12. The van der Waals surface area contributed by atoms with Gasteiger partial charge in [-0.1, -0.05) is 11.2 Å². The normalized spacial score (nSPS) is 11.0. The second kappa shape index (κ2) is 7.39. The number of nitrogens with one attached hydrogen (secondary N) is 1. The Balaban J connectivity index is 2.11. The molecule has 0 aliphatic rings. The standard InChI is InChI=1S/C15H19N5O3/c1-10(2)23-12-7-5-11(9-13(12)22-4)6-8-14(21)20(3)15-16-18-19-17-15/h5-10H,1-4H3,(H,16,17,18,19)/b8-6+. The topological polar surface area (TPSA) is 93.2 Å². The molecule has 0 unspecified atom stereocenters. The third-order valence-electron chi connectivity index (χ3n) is 2.93. The summed E-state index contributed by atoms with van der Waals surface area (Å²) in [5, 5.41) is 13.2. The van der Waals surface area contributed by atoms with Crippen molar-refractivity contribution in [3.63, 3.8) is 0 Å². The molecule has 0 fully saturated rings. The Bertz CT molecular complexity index is 682. The molecule has 0 saturated heterocycles. The van der Waals surface area contributed by atoms with Crippen LogP contribution in [0.15, 0.2) is 24.3 Å². The van der Waals surface area contributed by atoms with Crippen LogP contribution in [0, 0.1) is 0 Å². The number of hydrogen-bond donors (Lipinski definition) is 1. The predicted molar refractivity (Wildman–Crippen MR) is 85.4 cm³/mol. The summed E-state index contributed by atoms with van der Waals surface area (Å²) < 4.78 is 11.0. The number of aromatic amines is 1. The van der Waals surface area contributed by atoms with E-state index in [1.54, 1.807) is 26.3 Å². The van der Waals surface area contributed by atoms with Crippen LogP contribution >= 0.6 is 0 Å². The van der Waals surface area contributed by atoms with E-state index in [0.717, 1.165) is 5.56 Å². The van der Waals surface area contributed by atoms with Crippen LogP contribution in [-0.4, -0.2) is 46.8 Å². The van der Waals surface area contributed by atoms with Gasteiger partial charge in [0.15, 0.2) is 11.5 Å². The highest BCUT2D eigenvalue weighted by Crippen LogP contribution is 2.29. The van der Waals surface area contributed by atoms with Crippen molar-refractivity contribution in [2.75, 3.05) is 19.1 Å². The van der Waals surface area contributed by atoms with Crippen LogP contribution in [0.3, 0.4) is 0 Å². The van der Waals surface area contributed by atoms with Crippen molar-refractivity contribution in [2.45, 2.75) is 20.0 Å². The van der Waals surface area contributed by atoms with Crippen molar-refractivity contribution < 1.29 is 14.3 Å². The summed E-state index contributed by atoms with van der Waals surface area (Å²) in [7, 11) is 3.14. The minimum Gasteiger partial charge on any atom is -0.493 e. The second-order valence-corrected chi connectivity index (χ2v) is 5.02. The lowest BCUT2D eigenvalue weighted by atomic mass is 10.2. The van der Waals surface area contributed by atoms with Gasteiger partial charge in [0.25, 0.3) is 11.9 Å². The lowest BCUT2D eigenvalue weighted by Gasteiger charge is -2.13. The molecule has 1 N–H and O–H groups in total. The minimum absolute atomic E-state index is 0.0514. The summed E-state index contributed by atoms with van der Waals surface area (Å²) in [6.07, 6.45) is 3.16. The van der Waals surface area contributed by atoms with Crippen LogP contribution in [0.5, 0.6) is 11.5 Å². The Hall–Kier alpha value is -2.90. The van der Waals surface area contributed by atoms with E-state index in [-0.39, 0.29) is 18.0 Å². The minimum atomic E-state index is -0.270. The SMILES string of the molecule is COc1cc(/C=C/C(=O)N(C)c2nn[nH]n2)ccc1OC(C)C. The first-order chi connectivity index (χ1) is 11.0. The number of benzene rings is 1. The molecule has 122 valence electrons. The van der Waals surface area contributed by atoms with E-state index in [0.29, 0.717) is 11.5 Å². The number of anilines is 1. The number of hydrogen-bond acceptors (Lipinski definition) is 6. The molecule has 8 heteroatoms. The zero-order valence-corrected chi connectivity index (χ0v) is 13.5. The molecular formula is C15H19N5O3. The number of methoxy groups -OCH3 is 1. The van der Waals surface area contributed by atoms with Crippen molar-refractivity contribution in [3.8, 4) is 11.5 Å². The van der Waals surface area contributed by atoms with Crippen molar-refractivity contribution in [3.05, 3.63) is 29.8 Å². The number of ether oxygens (including phenoxy) is 2. The van der Waals surface area contributed by atoms with Crippen LogP contribution in [-0.2, 0) is 4.79 Å². The van der Waals surface area contributed by atoms with Crippen LogP contribution in [0.2, 0.25) is 0 Å². The molecule has 0 radical (unpaired) electrons. The lowest BCUT2D eigenvalue weighted by molar-refractivity contribution is -0.113. The molecule has 0 spiro atoms. The highest BCUT2D eigenvalue weighted by atomic mass is 16.5. The van der Waals surface area contributed by atoms with Gasteiger partial charge in [-0.05, 0) is 42.8 Å². The van der Waals surface area contributed by atoms with Gasteiger partial charge in [-0.2, -0.15) is 5.21 Å². The van der Waals surface area contributed by atoms with Gasteiger partial charge in [0.2, 0.25) is 0 Å². The third kappa shape index (κ3) is 4.29. The maximum Gasteiger partial charge on any atom is 0.272 e. The quantitative estimate of drug-likeness (QED) is 0.815. The van der Waals surface area contributed by atoms with Crippen LogP contribution in [0.1, 0.15) is 19.4 Å². The number of carbonyl (C=O) groups is 1. The molecule has 0 bridgehead atoms. The van der Waals surface area contributed by atoms with Gasteiger partial charge in [0.05, 0.1) is 13.2 Å². The van der Waals surface area contributed by atoms with Crippen LogP contribution in [0.4, 0.5) is 5.95 Å². The van der Waals surface area contributed by atoms with E-state index in [1.807, 2.05) is 26.0 Å². The smallest absolute Gasteiger partial charge is 0.272 e. The Morgan fingerprint density at radius 3 is 2.74 bits per heavy atom. The Labute approximate surface area is 134 Å². The van der Waals surface area contributed by atoms with Crippen molar-refractivity contribution in [1.29, 1.82) is 0 Å². The lowest BCUT2D eigenvalue weighted by Crippen LogP contribution is -2.25. The summed E-state index contributed by atoms with van der Waals surface area (Å²) in [6, 6.07) is 5.46. The van der Waals surface area contributed by atoms with Crippen LogP contribution < -0.4 is 14.4 Å². The molecule has 0 aliphatic heterocycles. The number of aromatic nitrogens is 4. The monoisotopic (exact) mass is 317 g/mol. The summed E-state index contributed by atoms with van der Waals surface area (Å²) in [5.41, 5.74) is 0.813. The summed E-state index contributed by atoms with van der Waals surface area (Å²) in [5.74, 6) is 1.21. The first-order valence-corrected chi connectivity index (χ1v) is 7.05. The van der Waals surface area contributed by atoms with E-state index in [4.69, 9.17) is 9.47 Å². The van der Waals surface area contributed by atoms with Crippen LogP contribution in [0.25, 0.3) is 6.08 Å². The fraction of sp³-hybridized carbons (Fsp3) is 0.333. The van der Waals surface area contributed by atoms with Gasteiger partial charge in [0.1, 0.15) is 0 Å². The second-order valence-electron chi connectivity index (χ2n) is 5.02. The molecule has 0 saturated carbocycles. The molecular weight excluding hydrogens is 298 g/mol. The molecule has 1 heterocycles. The maximum absolute atomic E-state index is 12.0.